The quantitative estimate of drug-likeness (QED) is 0.738. The zero-order chi connectivity index (χ0) is 13.5. The molecule has 98 valence electrons. The first-order chi connectivity index (χ1) is 9.25. The molecule has 1 heteroatoms. The maximum atomic E-state index is 5.97. The summed E-state index contributed by atoms with van der Waals surface area (Å²) in [6, 6.07) is 20.6. The van der Waals surface area contributed by atoms with E-state index in [2.05, 4.69) is 50.3 Å². The van der Waals surface area contributed by atoms with Gasteiger partial charge in [0.1, 0.15) is 6.10 Å². The third kappa shape index (κ3) is 4.38. The van der Waals surface area contributed by atoms with E-state index in [1.165, 1.54) is 11.1 Å². The van der Waals surface area contributed by atoms with Crippen LogP contribution < -0.4 is 0 Å². The minimum atomic E-state index is 0.00130. The molecule has 0 amide bonds. The summed E-state index contributed by atoms with van der Waals surface area (Å²) in [5, 5.41) is 0. The fourth-order valence-corrected chi connectivity index (χ4v) is 1.93. The van der Waals surface area contributed by atoms with Crippen LogP contribution in [0.25, 0.3) is 6.08 Å². The second-order valence-electron chi connectivity index (χ2n) is 4.79. The summed E-state index contributed by atoms with van der Waals surface area (Å²) in [7, 11) is 0. The first-order valence-electron chi connectivity index (χ1n) is 6.69. The molecule has 19 heavy (non-hydrogen) atoms. The number of rotatable bonds is 5. The lowest BCUT2D eigenvalue weighted by molar-refractivity contribution is 0.0352. The van der Waals surface area contributed by atoms with Crippen molar-refractivity contribution in [3.8, 4) is 0 Å². The fraction of sp³-hybridized carbons (Fsp3) is 0.222. The number of ether oxygens (including phenoxy) is 1. The molecule has 0 fully saturated rings. The summed E-state index contributed by atoms with van der Waals surface area (Å²) in [6.07, 6.45) is 4.43. The minimum absolute atomic E-state index is 0.00130. The SMILES string of the molecule is CC(C)OC(/C=C/c1ccccc1)c1ccccc1. The predicted molar refractivity (Wildman–Crippen MR) is 80.9 cm³/mol. The largest absolute Gasteiger partial charge is 0.367 e. The Balaban J connectivity index is 2.17. The highest BCUT2D eigenvalue weighted by Gasteiger charge is 2.09. The van der Waals surface area contributed by atoms with E-state index in [-0.39, 0.29) is 12.2 Å². The second-order valence-corrected chi connectivity index (χ2v) is 4.79. The molecule has 0 aliphatic rings. The van der Waals surface area contributed by atoms with Crippen LogP contribution in [0.15, 0.2) is 66.7 Å². The van der Waals surface area contributed by atoms with Gasteiger partial charge in [-0.05, 0) is 25.0 Å². The molecule has 2 rings (SSSR count). The Morgan fingerprint density at radius 2 is 1.42 bits per heavy atom. The predicted octanol–water partition coefficient (Wildman–Crippen LogP) is 4.87. The molecule has 0 saturated heterocycles. The van der Waals surface area contributed by atoms with Gasteiger partial charge in [-0.15, -0.1) is 0 Å². The Morgan fingerprint density at radius 1 is 0.842 bits per heavy atom. The zero-order valence-electron chi connectivity index (χ0n) is 11.5. The summed E-state index contributed by atoms with van der Waals surface area (Å²) in [6.45, 7) is 4.12. The van der Waals surface area contributed by atoms with E-state index in [1.54, 1.807) is 0 Å². The van der Waals surface area contributed by atoms with Crippen molar-refractivity contribution in [2.45, 2.75) is 26.1 Å². The molecule has 2 aromatic carbocycles. The first kappa shape index (κ1) is 13.6. The maximum Gasteiger partial charge on any atom is 0.101 e. The molecule has 0 aliphatic heterocycles. The molecule has 0 radical (unpaired) electrons. The van der Waals surface area contributed by atoms with Crippen LogP contribution in [0.5, 0.6) is 0 Å². The zero-order valence-corrected chi connectivity index (χ0v) is 11.5. The van der Waals surface area contributed by atoms with Crippen LogP contribution in [0.4, 0.5) is 0 Å². The lowest BCUT2D eigenvalue weighted by Crippen LogP contribution is -2.08. The van der Waals surface area contributed by atoms with Gasteiger partial charge in [0.15, 0.2) is 0 Å². The molecule has 0 heterocycles. The van der Waals surface area contributed by atoms with E-state index >= 15 is 0 Å². The standard InChI is InChI=1S/C18H20O/c1-15(2)19-18(17-11-7-4-8-12-17)14-13-16-9-5-3-6-10-16/h3-15,18H,1-2H3/b14-13+. The average molecular weight is 252 g/mol. The van der Waals surface area contributed by atoms with E-state index in [9.17, 15) is 0 Å². The molecular weight excluding hydrogens is 232 g/mol. The van der Waals surface area contributed by atoms with Gasteiger partial charge in [0.2, 0.25) is 0 Å². The third-order valence-electron chi connectivity index (χ3n) is 2.81. The van der Waals surface area contributed by atoms with Crippen LogP contribution in [-0.2, 0) is 4.74 Å². The van der Waals surface area contributed by atoms with Crippen LogP contribution in [0.3, 0.4) is 0 Å². The summed E-state index contributed by atoms with van der Waals surface area (Å²) in [4.78, 5) is 0. The molecular formula is C18H20O. The van der Waals surface area contributed by atoms with Crippen molar-refractivity contribution < 1.29 is 4.74 Å². The van der Waals surface area contributed by atoms with Crippen LogP contribution in [0.1, 0.15) is 31.1 Å². The van der Waals surface area contributed by atoms with Crippen LogP contribution in [-0.4, -0.2) is 6.10 Å². The van der Waals surface area contributed by atoms with E-state index in [4.69, 9.17) is 4.74 Å². The Morgan fingerprint density at radius 3 is 2.00 bits per heavy atom. The van der Waals surface area contributed by atoms with Crippen molar-refractivity contribution in [1.29, 1.82) is 0 Å². The van der Waals surface area contributed by atoms with Gasteiger partial charge in [-0.1, -0.05) is 72.8 Å². The summed E-state index contributed by atoms with van der Waals surface area (Å²) in [5.41, 5.74) is 2.37. The van der Waals surface area contributed by atoms with E-state index in [0.717, 1.165) is 0 Å². The van der Waals surface area contributed by atoms with Gasteiger partial charge in [0.05, 0.1) is 6.10 Å². The fourth-order valence-electron chi connectivity index (χ4n) is 1.93. The number of hydrogen-bond donors (Lipinski definition) is 0. The van der Waals surface area contributed by atoms with Crippen molar-refractivity contribution in [1.82, 2.24) is 0 Å². The van der Waals surface area contributed by atoms with Crippen molar-refractivity contribution in [3.63, 3.8) is 0 Å². The highest BCUT2D eigenvalue weighted by molar-refractivity contribution is 5.50. The lowest BCUT2D eigenvalue weighted by Gasteiger charge is -2.17. The molecule has 1 atom stereocenters. The molecule has 0 bridgehead atoms. The molecule has 1 nitrogen and oxygen atoms in total. The normalized spacial score (nSPS) is 13.0. The van der Waals surface area contributed by atoms with Gasteiger partial charge in [0.25, 0.3) is 0 Å². The molecule has 1 unspecified atom stereocenters. The Bertz CT molecular complexity index is 500. The Hall–Kier alpha value is -1.86. The lowest BCUT2D eigenvalue weighted by atomic mass is 10.1. The van der Waals surface area contributed by atoms with Gasteiger partial charge in [-0.3, -0.25) is 0 Å². The topological polar surface area (TPSA) is 9.23 Å². The number of hydrogen-bond acceptors (Lipinski definition) is 1. The molecule has 2 aromatic rings. The Labute approximate surface area is 115 Å². The van der Waals surface area contributed by atoms with Crippen LogP contribution in [0, 0.1) is 0 Å². The summed E-state index contributed by atoms with van der Waals surface area (Å²) in [5.74, 6) is 0. The van der Waals surface area contributed by atoms with Crippen molar-refractivity contribution in [3.05, 3.63) is 77.9 Å². The minimum Gasteiger partial charge on any atom is -0.367 e. The number of benzene rings is 2. The summed E-state index contributed by atoms with van der Waals surface area (Å²) < 4.78 is 5.97. The molecule has 0 aromatic heterocycles. The molecule has 0 aliphatic carbocycles. The van der Waals surface area contributed by atoms with E-state index < -0.39 is 0 Å². The Kier molecular flexibility index (Phi) is 4.93. The smallest absolute Gasteiger partial charge is 0.101 e. The van der Waals surface area contributed by atoms with Gasteiger partial charge in [-0.25, -0.2) is 0 Å². The van der Waals surface area contributed by atoms with Crippen molar-refractivity contribution in [2.24, 2.45) is 0 Å². The van der Waals surface area contributed by atoms with Gasteiger partial charge in [-0.2, -0.15) is 0 Å². The van der Waals surface area contributed by atoms with Gasteiger partial charge >= 0.3 is 0 Å². The van der Waals surface area contributed by atoms with Crippen LogP contribution >= 0.6 is 0 Å². The van der Waals surface area contributed by atoms with E-state index in [0.29, 0.717) is 0 Å². The van der Waals surface area contributed by atoms with Crippen molar-refractivity contribution in [2.75, 3.05) is 0 Å². The second kappa shape index (κ2) is 6.91. The highest BCUT2D eigenvalue weighted by atomic mass is 16.5. The highest BCUT2D eigenvalue weighted by Crippen LogP contribution is 2.21. The maximum absolute atomic E-state index is 5.97. The molecule has 0 spiro atoms. The monoisotopic (exact) mass is 252 g/mol. The van der Waals surface area contributed by atoms with Gasteiger partial charge in [0, 0.05) is 0 Å². The third-order valence-corrected chi connectivity index (χ3v) is 2.81. The van der Waals surface area contributed by atoms with Gasteiger partial charge < -0.3 is 4.74 Å². The van der Waals surface area contributed by atoms with Crippen LogP contribution in [0.2, 0.25) is 0 Å². The average Bonchev–Trinajstić information content (AvgIpc) is 2.45. The van der Waals surface area contributed by atoms with Crippen molar-refractivity contribution >= 4 is 6.08 Å². The first-order valence-corrected chi connectivity index (χ1v) is 6.69. The molecule has 0 N–H and O–H groups in total. The molecule has 0 saturated carbocycles. The van der Waals surface area contributed by atoms with E-state index in [1.807, 2.05) is 36.4 Å². The summed E-state index contributed by atoms with van der Waals surface area (Å²) >= 11 is 0.